The minimum Gasteiger partial charge on any atom is -0.313 e. The maximum absolute atomic E-state index is 4.17. The fraction of sp³-hybridized carbons (Fsp3) is 0.667. The average molecular weight is 247 g/mol. The summed E-state index contributed by atoms with van der Waals surface area (Å²) in [4.78, 5) is 6.76. The highest BCUT2D eigenvalue weighted by molar-refractivity contribution is 5.21. The van der Waals surface area contributed by atoms with Gasteiger partial charge in [-0.15, -0.1) is 0 Å². The molecule has 0 radical (unpaired) electrons. The van der Waals surface area contributed by atoms with Gasteiger partial charge in [0.05, 0.1) is 0 Å². The van der Waals surface area contributed by atoms with E-state index in [-0.39, 0.29) is 0 Å². The van der Waals surface area contributed by atoms with Crippen molar-refractivity contribution in [2.75, 3.05) is 19.6 Å². The Hall–Kier alpha value is -0.930. The first-order valence-electron chi connectivity index (χ1n) is 7.15. The normalized spacial score (nSPS) is 21.8. The minimum atomic E-state index is 0.666. The van der Waals surface area contributed by atoms with E-state index in [1.54, 1.807) is 0 Å². The summed E-state index contributed by atoms with van der Waals surface area (Å²) in [5.41, 5.74) is 2.73. The molecule has 1 aromatic rings. The Balaban J connectivity index is 1.97. The van der Waals surface area contributed by atoms with Crippen LogP contribution in [-0.2, 0) is 6.54 Å². The van der Waals surface area contributed by atoms with E-state index in [2.05, 4.69) is 35.1 Å². The van der Waals surface area contributed by atoms with Crippen LogP contribution in [0.4, 0.5) is 0 Å². The molecule has 0 aromatic carbocycles. The number of hydrogen-bond acceptors (Lipinski definition) is 3. The average Bonchev–Trinajstić information content (AvgIpc) is 2.58. The predicted molar refractivity (Wildman–Crippen MR) is 75.6 cm³/mol. The van der Waals surface area contributed by atoms with Gasteiger partial charge < -0.3 is 5.32 Å². The molecule has 1 unspecified atom stereocenters. The zero-order chi connectivity index (χ0) is 12.8. The van der Waals surface area contributed by atoms with Gasteiger partial charge in [0.25, 0.3) is 0 Å². The molecular weight excluding hydrogens is 222 g/mol. The van der Waals surface area contributed by atoms with Crippen molar-refractivity contribution in [3.05, 3.63) is 29.6 Å². The quantitative estimate of drug-likeness (QED) is 0.885. The fourth-order valence-corrected chi connectivity index (χ4v) is 2.68. The van der Waals surface area contributed by atoms with Crippen molar-refractivity contribution in [2.45, 2.75) is 45.7 Å². The number of nitrogens with zero attached hydrogens (tertiary/aromatic N) is 2. The van der Waals surface area contributed by atoms with Crippen molar-refractivity contribution in [1.29, 1.82) is 0 Å². The summed E-state index contributed by atoms with van der Waals surface area (Å²) < 4.78 is 0. The number of pyridine rings is 1. The zero-order valence-corrected chi connectivity index (χ0v) is 11.7. The molecule has 2 rings (SSSR count). The highest BCUT2D eigenvalue weighted by atomic mass is 15.2. The van der Waals surface area contributed by atoms with Crippen molar-refractivity contribution in [3.8, 4) is 0 Å². The Kier molecular flexibility index (Phi) is 5.14. The van der Waals surface area contributed by atoms with E-state index < -0.39 is 0 Å². The second-order valence-corrected chi connectivity index (χ2v) is 5.33. The first-order valence-corrected chi connectivity index (χ1v) is 7.15. The molecule has 0 saturated carbocycles. The lowest BCUT2D eigenvalue weighted by molar-refractivity contribution is 0.254. The van der Waals surface area contributed by atoms with Gasteiger partial charge in [-0.05, 0) is 50.0 Å². The molecule has 0 spiro atoms. The number of rotatable bonds is 4. The van der Waals surface area contributed by atoms with E-state index in [0.717, 1.165) is 13.1 Å². The second kappa shape index (κ2) is 6.86. The maximum Gasteiger partial charge on any atom is 0.0300 e. The molecule has 1 aliphatic rings. The van der Waals surface area contributed by atoms with Gasteiger partial charge >= 0.3 is 0 Å². The largest absolute Gasteiger partial charge is 0.313 e. The van der Waals surface area contributed by atoms with Crippen LogP contribution in [0.5, 0.6) is 0 Å². The predicted octanol–water partition coefficient (Wildman–Crippen LogP) is 2.35. The van der Waals surface area contributed by atoms with Crippen LogP contribution < -0.4 is 5.32 Å². The Labute approximate surface area is 111 Å². The van der Waals surface area contributed by atoms with Crippen LogP contribution in [0.25, 0.3) is 0 Å². The van der Waals surface area contributed by atoms with Crippen molar-refractivity contribution in [3.63, 3.8) is 0 Å². The van der Waals surface area contributed by atoms with Crippen LogP contribution in [-0.4, -0.2) is 35.6 Å². The lowest BCUT2D eigenvalue weighted by atomic mass is 10.1. The zero-order valence-electron chi connectivity index (χ0n) is 11.7. The van der Waals surface area contributed by atoms with Crippen LogP contribution in [0.1, 0.15) is 37.3 Å². The van der Waals surface area contributed by atoms with Crippen molar-refractivity contribution in [2.24, 2.45) is 0 Å². The highest BCUT2D eigenvalue weighted by Gasteiger charge is 2.17. The van der Waals surface area contributed by atoms with Gasteiger partial charge in [-0.3, -0.25) is 9.88 Å². The number of aryl methyl sites for hydroxylation is 1. The molecule has 1 fully saturated rings. The van der Waals surface area contributed by atoms with Gasteiger partial charge in [-0.25, -0.2) is 0 Å². The standard InChI is InChI=1S/C15H25N3/c1-3-5-15-12-18(9-4-7-17-15)11-14-6-8-16-10-13(14)2/h6,8,10,15,17H,3-5,7,9,11-12H2,1-2H3. The second-order valence-electron chi connectivity index (χ2n) is 5.33. The Morgan fingerprint density at radius 1 is 1.50 bits per heavy atom. The Morgan fingerprint density at radius 3 is 3.17 bits per heavy atom. The molecule has 100 valence electrons. The topological polar surface area (TPSA) is 28.2 Å². The molecular formula is C15H25N3. The third-order valence-electron chi connectivity index (χ3n) is 3.73. The fourth-order valence-electron chi connectivity index (χ4n) is 2.68. The Bertz CT molecular complexity index is 365. The van der Waals surface area contributed by atoms with Crippen molar-refractivity contribution in [1.82, 2.24) is 15.2 Å². The summed E-state index contributed by atoms with van der Waals surface area (Å²) >= 11 is 0. The molecule has 1 atom stereocenters. The first-order chi connectivity index (χ1) is 8.79. The van der Waals surface area contributed by atoms with Gasteiger partial charge in [-0.1, -0.05) is 13.3 Å². The molecule has 0 amide bonds. The van der Waals surface area contributed by atoms with Crippen LogP contribution >= 0.6 is 0 Å². The maximum atomic E-state index is 4.17. The number of aromatic nitrogens is 1. The molecule has 1 aromatic heterocycles. The summed E-state index contributed by atoms with van der Waals surface area (Å²) in [5.74, 6) is 0. The van der Waals surface area contributed by atoms with Crippen LogP contribution in [0.2, 0.25) is 0 Å². The molecule has 1 N–H and O–H groups in total. The van der Waals surface area contributed by atoms with E-state index >= 15 is 0 Å². The first kappa shape index (κ1) is 13.5. The van der Waals surface area contributed by atoms with E-state index in [9.17, 15) is 0 Å². The lowest BCUT2D eigenvalue weighted by Crippen LogP contribution is -2.37. The van der Waals surface area contributed by atoms with Gasteiger partial charge in [-0.2, -0.15) is 0 Å². The van der Waals surface area contributed by atoms with Crippen LogP contribution in [0.15, 0.2) is 18.5 Å². The van der Waals surface area contributed by atoms with E-state index in [1.807, 2.05) is 12.4 Å². The summed E-state index contributed by atoms with van der Waals surface area (Å²) in [6, 6.07) is 2.82. The smallest absolute Gasteiger partial charge is 0.0300 e. The van der Waals surface area contributed by atoms with E-state index in [0.29, 0.717) is 6.04 Å². The third-order valence-corrected chi connectivity index (χ3v) is 3.73. The molecule has 1 aliphatic heterocycles. The summed E-state index contributed by atoms with van der Waals surface area (Å²) in [6.07, 6.45) is 7.67. The van der Waals surface area contributed by atoms with E-state index in [1.165, 1.54) is 43.5 Å². The van der Waals surface area contributed by atoms with Gasteiger partial charge in [0.15, 0.2) is 0 Å². The molecule has 0 aliphatic carbocycles. The van der Waals surface area contributed by atoms with Gasteiger partial charge in [0.2, 0.25) is 0 Å². The molecule has 2 heterocycles. The molecule has 1 saturated heterocycles. The monoisotopic (exact) mass is 247 g/mol. The van der Waals surface area contributed by atoms with Crippen LogP contribution in [0, 0.1) is 6.92 Å². The van der Waals surface area contributed by atoms with Gasteiger partial charge in [0, 0.05) is 31.5 Å². The van der Waals surface area contributed by atoms with E-state index in [4.69, 9.17) is 0 Å². The molecule has 0 bridgehead atoms. The van der Waals surface area contributed by atoms with Crippen LogP contribution in [0.3, 0.4) is 0 Å². The lowest BCUT2D eigenvalue weighted by Gasteiger charge is -2.24. The molecule has 3 nitrogen and oxygen atoms in total. The number of hydrogen-bond donors (Lipinski definition) is 1. The van der Waals surface area contributed by atoms with Crippen molar-refractivity contribution >= 4 is 0 Å². The SMILES string of the molecule is CCCC1CN(Cc2ccncc2C)CCCN1. The Morgan fingerprint density at radius 2 is 2.39 bits per heavy atom. The van der Waals surface area contributed by atoms with Gasteiger partial charge in [0.1, 0.15) is 0 Å². The minimum absolute atomic E-state index is 0.666. The third kappa shape index (κ3) is 3.79. The summed E-state index contributed by atoms with van der Waals surface area (Å²) in [5, 5.41) is 3.66. The molecule has 18 heavy (non-hydrogen) atoms. The summed E-state index contributed by atoms with van der Waals surface area (Å²) in [7, 11) is 0. The van der Waals surface area contributed by atoms with Crippen molar-refractivity contribution < 1.29 is 0 Å². The molecule has 3 heteroatoms. The highest BCUT2D eigenvalue weighted by Crippen LogP contribution is 2.12. The summed E-state index contributed by atoms with van der Waals surface area (Å²) in [6.45, 7) is 9.03. The number of nitrogens with one attached hydrogen (secondary N) is 1.